The van der Waals surface area contributed by atoms with Gasteiger partial charge in [0.15, 0.2) is 6.61 Å². The van der Waals surface area contributed by atoms with E-state index in [1.165, 1.54) is 24.4 Å². The summed E-state index contributed by atoms with van der Waals surface area (Å²) in [6, 6.07) is 13.4. The van der Waals surface area contributed by atoms with Crippen molar-refractivity contribution in [2.24, 2.45) is 0 Å². The predicted molar refractivity (Wildman–Crippen MR) is 124 cm³/mol. The van der Waals surface area contributed by atoms with Gasteiger partial charge >= 0.3 is 5.97 Å². The minimum absolute atomic E-state index is 0.334. The van der Waals surface area contributed by atoms with Gasteiger partial charge in [0.1, 0.15) is 6.33 Å². The monoisotopic (exact) mass is 496 g/mol. The minimum atomic E-state index is -0.508. The molecule has 2 N–H and O–H groups in total. The van der Waals surface area contributed by atoms with Gasteiger partial charge in [0.05, 0.1) is 0 Å². The molecule has 0 spiro atoms. The van der Waals surface area contributed by atoms with Crippen LogP contribution in [0.3, 0.4) is 0 Å². The van der Waals surface area contributed by atoms with Gasteiger partial charge in [-0.3, -0.25) is 9.59 Å². The maximum absolute atomic E-state index is 11.9. The summed E-state index contributed by atoms with van der Waals surface area (Å²) in [7, 11) is 0. The summed E-state index contributed by atoms with van der Waals surface area (Å²) in [6.45, 7) is 2.47. The third kappa shape index (κ3) is 5.58. The predicted octanol–water partition coefficient (Wildman–Crippen LogP) is 3.44. The molecule has 2 aromatic carbocycles. The first-order valence-electron chi connectivity index (χ1n) is 9.98. The molecule has 1 amide bonds. The van der Waals surface area contributed by atoms with Crippen LogP contribution in [0.25, 0.3) is 0 Å². The van der Waals surface area contributed by atoms with Gasteiger partial charge in [-0.2, -0.15) is 4.98 Å². The highest BCUT2D eigenvalue weighted by Crippen LogP contribution is 2.25. The number of aromatic nitrogens is 3. The van der Waals surface area contributed by atoms with E-state index in [2.05, 4.69) is 58.5 Å². The number of nitrogens with zero attached hydrogens (tertiary/aromatic N) is 4. The minimum Gasteiger partial charge on any atom is -0.456 e. The first-order valence-corrected chi connectivity index (χ1v) is 10.8. The second-order valence-corrected chi connectivity index (χ2v) is 8.14. The van der Waals surface area contributed by atoms with E-state index in [1.54, 1.807) is 18.2 Å². The van der Waals surface area contributed by atoms with Crippen molar-refractivity contribution < 1.29 is 14.3 Å². The number of carbonyl (C=O) groups excluding carboxylic acids is 2. The van der Waals surface area contributed by atoms with Crippen LogP contribution in [0.1, 0.15) is 18.1 Å². The molecule has 0 fully saturated rings. The number of esters is 1. The number of halogens is 1. The Morgan fingerprint density at radius 2 is 1.97 bits per heavy atom. The Hall–Kier alpha value is -3.53. The third-order valence-corrected chi connectivity index (χ3v) is 5.32. The molecule has 0 unspecified atom stereocenters. The number of rotatable bonds is 6. The molecule has 1 aliphatic rings. The Kier molecular flexibility index (Phi) is 6.60. The number of benzene rings is 2. The van der Waals surface area contributed by atoms with Crippen LogP contribution in [0.15, 0.2) is 53.3 Å². The second-order valence-electron chi connectivity index (χ2n) is 7.23. The van der Waals surface area contributed by atoms with Gasteiger partial charge < -0.3 is 20.3 Å². The molecular formula is C22H21BrN6O3. The lowest BCUT2D eigenvalue weighted by Crippen LogP contribution is -2.32. The van der Waals surface area contributed by atoms with E-state index in [9.17, 15) is 9.59 Å². The molecule has 10 heteroatoms. The molecule has 0 saturated carbocycles. The Labute approximate surface area is 193 Å². The third-order valence-electron chi connectivity index (χ3n) is 4.83. The molecule has 2 heterocycles. The number of anilines is 4. The second kappa shape index (κ2) is 9.73. The van der Waals surface area contributed by atoms with Crippen LogP contribution in [0.2, 0.25) is 0 Å². The fourth-order valence-corrected chi connectivity index (χ4v) is 3.77. The summed E-state index contributed by atoms with van der Waals surface area (Å²) in [4.78, 5) is 37.9. The van der Waals surface area contributed by atoms with Crippen LogP contribution in [0, 0.1) is 0 Å². The van der Waals surface area contributed by atoms with Crippen molar-refractivity contribution in [3.8, 4) is 0 Å². The maximum atomic E-state index is 11.9. The zero-order valence-electron chi connectivity index (χ0n) is 17.3. The van der Waals surface area contributed by atoms with Crippen LogP contribution in [0.4, 0.5) is 23.3 Å². The van der Waals surface area contributed by atoms with Crippen LogP contribution in [-0.2, 0) is 27.3 Å². The van der Waals surface area contributed by atoms with Crippen molar-refractivity contribution in [1.29, 1.82) is 0 Å². The summed E-state index contributed by atoms with van der Waals surface area (Å²) in [5, 5.41) is 5.82. The fourth-order valence-electron chi connectivity index (χ4n) is 3.36. The van der Waals surface area contributed by atoms with E-state index in [-0.39, 0.29) is 6.61 Å². The highest BCUT2D eigenvalue weighted by molar-refractivity contribution is 9.10. The molecule has 0 radical (unpaired) electrons. The first-order chi connectivity index (χ1) is 15.5. The summed E-state index contributed by atoms with van der Waals surface area (Å²) >= 11 is 3.53. The number of ether oxygens (including phenoxy) is 1. The molecule has 9 nitrogen and oxygen atoms in total. The van der Waals surface area contributed by atoms with Gasteiger partial charge in [-0.1, -0.05) is 28.1 Å². The Morgan fingerprint density at radius 3 is 2.81 bits per heavy atom. The zero-order chi connectivity index (χ0) is 22.5. The standard InChI is InChI=1S/C22H21BrN6O3/c1-14(30)32-12-20(31)26-18-3-2-4-19(10-18)27-21-24-13-25-22(28-21)29-8-7-15-9-17(23)6-5-16(15)11-29/h2-6,9-10,13H,7-8,11-12H2,1H3,(H,26,31)(H,24,25,27,28). The molecule has 0 aliphatic carbocycles. The van der Waals surface area contributed by atoms with Crippen LogP contribution in [-0.4, -0.2) is 40.0 Å². The summed E-state index contributed by atoms with van der Waals surface area (Å²) in [5.41, 5.74) is 3.84. The first kappa shape index (κ1) is 21.7. The summed E-state index contributed by atoms with van der Waals surface area (Å²) < 4.78 is 5.78. The summed E-state index contributed by atoms with van der Waals surface area (Å²) in [6.07, 6.45) is 2.39. The largest absolute Gasteiger partial charge is 0.456 e. The maximum Gasteiger partial charge on any atom is 0.303 e. The lowest BCUT2D eigenvalue weighted by atomic mass is 10.0. The number of hydrogen-bond acceptors (Lipinski definition) is 8. The van der Waals surface area contributed by atoms with Crippen LogP contribution in [0.5, 0.6) is 0 Å². The fraction of sp³-hybridized carbons (Fsp3) is 0.227. The molecule has 1 aliphatic heterocycles. The molecule has 1 aromatic heterocycles. The highest BCUT2D eigenvalue weighted by Gasteiger charge is 2.19. The van der Waals surface area contributed by atoms with Crippen molar-refractivity contribution in [2.75, 3.05) is 28.7 Å². The lowest BCUT2D eigenvalue weighted by Gasteiger charge is -2.29. The SMILES string of the molecule is CC(=O)OCC(=O)Nc1cccc(Nc2ncnc(N3CCc4cc(Br)ccc4C3)n2)c1. The number of nitrogens with one attached hydrogen (secondary N) is 2. The molecule has 0 bridgehead atoms. The van der Waals surface area contributed by atoms with Gasteiger partial charge in [0, 0.05) is 35.9 Å². The molecule has 32 heavy (non-hydrogen) atoms. The van der Waals surface area contributed by atoms with Gasteiger partial charge in [0.25, 0.3) is 5.91 Å². The van der Waals surface area contributed by atoms with E-state index in [4.69, 9.17) is 4.74 Å². The zero-order valence-corrected chi connectivity index (χ0v) is 18.9. The molecule has 3 aromatic rings. The van der Waals surface area contributed by atoms with E-state index >= 15 is 0 Å². The van der Waals surface area contributed by atoms with Crippen LogP contribution >= 0.6 is 15.9 Å². The van der Waals surface area contributed by atoms with Gasteiger partial charge in [-0.15, -0.1) is 0 Å². The van der Waals surface area contributed by atoms with E-state index < -0.39 is 11.9 Å². The van der Waals surface area contributed by atoms with Crippen molar-refractivity contribution in [3.63, 3.8) is 0 Å². The molecule has 4 rings (SSSR count). The topological polar surface area (TPSA) is 109 Å². The number of amides is 1. The number of carbonyl (C=O) groups is 2. The van der Waals surface area contributed by atoms with Crippen molar-refractivity contribution in [1.82, 2.24) is 15.0 Å². The van der Waals surface area contributed by atoms with Crippen LogP contribution < -0.4 is 15.5 Å². The van der Waals surface area contributed by atoms with E-state index in [0.717, 1.165) is 24.0 Å². The average Bonchev–Trinajstić information content (AvgIpc) is 2.78. The van der Waals surface area contributed by atoms with Gasteiger partial charge in [-0.05, 0) is 47.9 Å². The quantitative estimate of drug-likeness (QED) is 0.499. The Morgan fingerprint density at radius 1 is 1.12 bits per heavy atom. The highest BCUT2D eigenvalue weighted by atomic mass is 79.9. The lowest BCUT2D eigenvalue weighted by molar-refractivity contribution is -0.144. The number of fused-ring (bicyclic) bond motifs is 1. The Balaban J connectivity index is 1.43. The smallest absolute Gasteiger partial charge is 0.303 e. The molecular weight excluding hydrogens is 476 g/mol. The van der Waals surface area contributed by atoms with E-state index in [0.29, 0.717) is 23.3 Å². The van der Waals surface area contributed by atoms with Gasteiger partial charge in [-0.25, -0.2) is 9.97 Å². The van der Waals surface area contributed by atoms with E-state index in [1.807, 2.05) is 12.1 Å². The van der Waals surface area contributed by atoms with Crippen molar-refractivity contribution >= 4 is 51.1 Å². The Bertz CT molecular complexity index is 1160. The average molecular weight is 497 g/mol. The normalized spacial score (nSPS) is 12.6. The molecule has 164 valence electrons. The van der Waals surface area contributed by atoms with Crippen molar-refractivity contribution in [3.05, 3.63) is 64.4 Å². The summed E-state index contributed by atoms with van der Waals surface area (Å²) in [5.74, 6) is 0.0744. The number of hydrogen-bond donors (Lipinski definition) is 2. The molecule has 0 saturated heterocycles. The molecule has 0 atom stereocenters. The van der Waals surface area contributed by atoms with Crippen molar-refractivity contribution in [2.45, 2.75) is 19.9 Å². The van der Waals surface area contributed by atoms with Gasteiger partial charge in [0.2, 0.25) is 11.9 Å².